The number of nitrogens with one attached hydrogen (secondary N) is 1. The van der Waals surface area contributed by atoms with Crippen LogP contribution in [0.4, 0.5) is 0 Å². The van der Waals surface area contributed by atoms with E-state index in [0.717, 1.165) is 42.2 Å². The zero-order valence-corrected chi connectivity index (χ0v) is 14.8. The Labute approximate surface area is 148 Å². The molecule has 0 bridgehead atoms. The number of likely N-dealkylation sites (tertiary alicyclic amines) is 1. The zero-order valence-electron chi connectivity index (χ0n) is 14.8. The average molecular weight is 336 g/mol. The molecular formula is C20H24N4O. The van der Waals surface area contributed by atoms with Crippen LogP contribution in [0, 0.1) is 13.8 Å². The quantitative estimate of drug-likeness (QED) is 0.767. The lowest BCUT2D eigenvalue weighted by Gasteiger charge is -2.35. The first-order chi connectivity index (χ1) is 12.2. The fraction of sp³-hybridized carbons (Fsp3) is 0.400. The van der Waals surface area contributed by atoms with Gasteiger partial charge in [0.2, 0.25) is 0 Å². The minimum Gasteiger partial charge on any atom is -0.356 e. The SMILES string of the molecule is Cc1cccc(CN2CCCC[C@@H]2c2[nH]ncc2-c2cc(C)no2)c1. The van der Waals surface area contributed by atoms with Gasteiger partial charge in [0.25, 0.3) is 0 Å². The van der Waals surface area contributed by atoms with Gasteiger partial charge in [0.15, 0.2) is 5.76 Å². The van der Waals surface area contributed by atoms with E-state index in [9.17, 15) is 0 Å². The fourth-order valence-electron chi connectivity index (χ4n) is 3.79. The van der Waals surface area contributed by atoms with Crippen LogP contribution in [0.1, 0.15) is 47.8 Å². The van der Waals surface area contributed by atoms with Gasteiger partial charge in [-0.3, -0.25) is 10.00 Å². The highest BCUT2D eigenvalue weighted by molar-refractivity contribution is 5.60. The molecule has 0 spiro atoms. The van der Waals surface area contributed by atoms with Gasteiger partial charge in [0.05, 0.1) is 29.2 Å². The lowest BCUT2D eigenvalue weighted by Crippen LogP contribution is -2.33. The van der Waals surface area contributed by atoms with E-state index in [4.69, 9.17) is 4.52 Å². The van der Waals surface area contributed by atoms with Crippen molar-refractivity contribution < 1.29 is 4.52 Å². The second-order valence-electron chi connectivity index (χ2n) is 7.00. The van der Waals surface area contributed by atoms with Gasteiger partial charge >= 0.3 is 0 Å². The van der Waals surface area contributed by atoms with Gasteiger partial charge in [0.1, 0.15) is 0 Å². The number of aryl methyl sites for hydroxylation is 2. The third-order valence-electron chi connectivity index (χ3n) is 4.98. The van der Waals surface area contributed by atoms with Gasteiger partial charge < -0.3 is 4.52 Å². The standard InChI is InChI=1S/C20H24N4O/c1-14-6-5-7-16(10-14)13-24-9-4-3-8-18(24)20-17(12-21-22-20)19-11-15(2)23-25-19/h5-7,10-12,18H,3-4,8-9,13H2,1-2H3,(H,21,22)/t18-/m1/s1. The van der Waals surface area contributed by atoms with Crippen molar-refractivity contribution >= 4 is 0 Å². The number of hydrogen-bond donors (Lipinski definition) is 1. The Hall–Kier alpha value is -2.40. The van der Waals surface area contributed by atoms with Crippen LogP contribution in [0.15, 0.2) is 41.1 Å². The molecule has 1 aromatic carbocycles. The summed E-state index contributed by atoms with van der Waals surface area (Å²) in [6.07, 6.45) is 5.47. The van der Waals surface area contributed by atoms with Crippen molar-refractivity contribution in [3.8, 4) is 11.3 Å². The van der Waals surface area contributed by atoms with E-state index in [-0.39, 0.29) is 0 Å². The number of H-pyrrole nitrogens is 1. The molecule has 0 radical (unpaired) electrons. The first-order valence-electron chi connectivity index (χ1n) is 8.97. The summed E-state index contributed by atoms with van der Waals surface area (Å²) in [5.41, 5.74) is 5.74. The van der Waals surface area contributed by atoms with Crippen LogP contribution >= 0.6 is 0 Å². The Kier molecular flexibility index (Phi) is 4.40. The summed E-state index contributed by atoms with van der Waals surface area (Å²) in [5.74, 6) is 0.794. The third-order valence-corrected chi connectivity index (χ3v) is 4.98. The maximum Gasteiger partial charge on any atom is 0.170 e. The second-order valence-corrected chi connectivity index (χ2v) is 7.00. The maximum atomic E-state index is 5.48. The largest absolute Gasteiger partial charge is 0.356 e. The topological polar surface area (TPSA) is 58.0 Å². The summed E-state index contributed by atoms with van der Waals surface area (Å²) in [5, 5.41) is 11.6. The van der Waals surface area contributed by atoms with E-state index in [2.05, 4.69) is 51.4 Å². The first kappa shape index (κ1) is 16.1. The number of rotatable bonds is 4. The summed E-state index contributed by atoms with van der Waals surface area (Å²) >= 11 is 0. The monoisotopic (exact) mass is 336 g/mol. The van der Waals surface area contributed by atoms with Gasteiger partial charge in [-0.2, -0.15) is 5.10 Å². The Balaban J connectivity index is 1.63. The van der Waals surface area contributed by atoms with Crippen molar-refractivity contribution in [3.63, 3.8) is 0 Å². The number of piperidine rings is 1. The van der Waals surface area contributed by atoms with Crippen molar-refractivity contribution in [1.29, 1.82) is 0 Å². The average Bonchev–Trinajstić information content (AvgIpc) is 3.24. The molecular weight excluding hydrogens is 312 g/mol. The molecule has 1 N–H and O–H groups in total. The molecule has 0 unspecified atom stereocenters. The van der Waals surface area contributed by atoms with E-state index < -0.39 is 0 Å². The highest BCUT2D eigenvalue weighted by Gasteiger charge is 2.28. The molecule has 0 aliphatic carbocycles. The Bertz CT molecular complexity index is 851. The summed E-state index contributed by atoms with van der Waals surface area (Å²) in [7, 11) is 0. The predicted octanol–water partition coefficient (Wildman–Crippen LogP) is 4.41. The highest BCUT2D eigenvalue weighted by atomic mass is 16.5. The highest BCUT2D eigenvalue weighted by Crippen LogP contribution is 2.36. The van der Waals surface area contributed by atoms with Gasteiger partial charge in [-0.15, -0.1) is 0 Å². The van der Waals surface area contributed by atoms with E-state index in [1.165, 1.54) is 24.0 Å². The van der Waals surface area contributed by atoms with E-state index >= 15 is 0 Å². The van der Waals surface area contributed by atoms with Crippen LogP contribution in [0.5, 0.6) is 0 Å². The van der Waals surface area contributed by atoms with E-state index in [1.54, 1.807) is 0 Å². The molecule has 1 fully saturated rings. The predicted molar refractivity (Wildman–Crippen MR) is 97.0 cm³/mol. The summed E-state index contributed by atoms with van der Waals surface area (Å²) < 4.78 is 5.48. The minimum atomic E-state index is 0.331. The Morgan fingerprint density at radius 2 is 2.16 bits per heavy atom. The lowest BCUT2D eigenvalue weighted by atomic mass is 9.95. The lowest BCUT2D eigenvalue weighted by molar-refractivity contribution is 0.137. The second kappa shape index (κ2) is 6.84. The number of aromatic nitrogens is 3. The molecule has 1 saturated heterocycles. The van der Waals surface area contributed by atoms with Crippen LogP contribution in [0.3, 0.4) is 0 Å². The van der Waals surface area contributed by atoms with Crippen molar-refractivity contribution in [1.82, 2.24) is 20.3 Å². The van der Waals surface area contributed by atoms with Crippen LogP contribution in [-0.4, -0.2) is 26.8 Å². The first-order valence-corrected chi connectivity index (χ1v) is 8.97. The maximum absolute atomic E-state index is 5.48. The number of aromatic amines is 1. The molecule has 2 aromatic heterocycles. The molecule has 5 heteroatoms. The zero-order chi connectivity index (χ0) is 17.2. The van der Waals surface area contributed by atoms with Crippen molar-refractivity contribution in [2.45, 2.75) is 45.7 Å². The van der Waals surface area contributed by atoms with Gasteiger partial charge in [0, 0.05) is 12.6 Å². The molecule has 5 nitrogen and oxygen atoms in total. The van der Waals surface area contributed by atoms with Gasteiger partial charge in [-0.1, -0.05) is 41.4 Å². The normalized spacial score (nSPS) is 18.6. The van der Waals surface area contributed by atoms with Crippen LogP contribution in [0.2, 0.25) is 0 Å². The molecule has 1 aliphatic heterocycles. The molecule has 0 amide bonds. The van der Waals surface area contributed by atoms with Gasteiger partial charge in [-0.25, -0.2) is 0 Å². The fourth-order valence-corrected chi connectivity index (χ4v) is 3.79. The molecule has 0 saturated carbocycles. The number of hydrogen-bond acceptors (Lipinski definition) is 4. The summed E-state index contributed by atoms with van der Waals surface area (Å²) in [6, 6.07) is 11.1. The molecule has 3 heterocycles. The molecule has 1 atom stereocenters. The Morgan fingerprint density at radius 3 is 2.96 bits per heavy atom. The summed E-state index contributed by atoms with van der Waals surface area (Å²) in [6.45, 7) is 6.15. The number of benzene rings is 1. The van der Waals surface area contributed by atoms with Crippen molar-refractivity contribution in [3.05, 3.63) is 59.0 Å². The summed E-state index contributed by atoms with van der Waals surface area (Å²) in [4.78, 5) is 2.55. The molecule has 4 rings (SSSR count). The minimum absolute atomic E-state index is 0.331. The smallest absolute Gasteiger partial charge is 0.170 e. The molecule has 3 aromatic rings. The van der Waals surface area contributed by atoms with Crippen LogP contribution in [-0.2, 0) is 6.54 Å². The molecule has 1 aliphatic rings. The Morgan fingerprint density at radius 1 is 1.24 bits per heavy atom. The molecule has 25 heavy (non-hydrogen) atoms. The van der Waals surface area contributed by atoms with Crippen molar-refractivity contribution in [2.24, 2.45) is 0 Å². The third kappa shape index (κ3) is 3.37. The van der Waals surface area contributed by atoms with Gasteiger partial charge in [-0.05, 0) is 38.8 Å². The van der Waals surface area contributed by atoms with Crippen LogP contribution in [0.25, 0.3) is 11.3 Å². The van der Waals surface area contributed by atoms with Crippen molar-refractivity contribution in [2.75, 3.05) is 6.54 Å². The van der Waals surface area contributed by atoms with Crippen LogP contribution < -0.4 is 0 Å². The molecule has 130 valence electrons. The van der Waals surface area contributed by atoms with E-state index in [1.807, 2.05) is 19.2 Å². The number of nitrogens with zero attached hydrogens (tertiary/aromatic N) is 3. The van der Waals surface area contributed by atoms with E-state index in [0.29, 0.717) is 6.04 Å².